The van der Waals surface area contributed by atoms with Crippen molar-refractivity contribution >= 4 is 17.3 Å². The molecule has 2 N–H and O–H groups in total. The average molecular weight is 274 g/mol. The molecule has 0 heterocycles. The van der Waals surface area contributed by atoms with Gasteiger partial charge in [-0.3, -0.25) is 4.79 Å². The molecule has 1 aliphatic rings. The van der Waals surface area contributed by atoms with Gasteiger partial charge in [0.15, 0.2) is 0 Å². The second-order valence-electron chi connectivity index (χ2n) is 5.91. The highest BCUT2D eigenvalue weighted by Crippen LogP contribution is 2.30. The van der Waals surface area contributed by atoms with Gasteiger partial charge in [0.25, 0.3) is 0 Å². The van der Waals surface area contributed by atoms with Gasteiger partial charge in [0.1, 0.15) is 0 Å². The van der Waals surface area contributed by atoms with Crippen molar-refractivity contribution in [1.82, 2.24) is 0 Å². The molecule has 20 heavy (non-hydrogen) atoms. The zero-order chi connectivity index (χ0) is 14.5. The summed E-state index contributed by atoms with van der Waals surface area (Å²) in [7, 11) is 0. The molecule has 1 aliphatic carbocycles. The predicted molar refractivity (Wildman–Crippen MR) is 85.1 cm³/mol. The zero-order valence-corrected chi connectivity index (χ0v) is 12.8. The van der Waals surface area contributed by atoms with Crippen LogP contribution in [0.2, 0.25) is 0 Å². The number of rotatable bonds is 4. The fourth-order valence-electron chi connectivity index (χ4n) is 3.18. The fraction of sp³-hybridized carbons (Fsp3) is 0.588. The number of hydrogen-bond donors (Lipinski definition) is 2. The van der Waals surface area contributed by atoms with Gasteiger partial charge >= 0.3 is 0 Å². The smallest absolute Gasteiger partial charge is 0.221 e. The molecule has 1 amide bonds. The van der Waals surface area contributed by atoms with Crippen molar-refractivity contribution in [3.05, 3.63) is 23.8 Å². The summed E-state index contributed by atoms with van der Waals surface area (Å²) in [4.78, 5) is 11.1. The number of benzene rings is 1. The molecule has 0 saturated heterocycles. The van der Waals surface area contributed by atoms with Crippen molar-refractivity contribution in [3.63, 3.8) is 0 Å². The predicted octanol–water partition coefficient (Wildman–Crippen LogP) is 4.33. The van der Waals surface area contributed by atoms with Crippen LogP contribution in [-0.4, -0.2) is 11.9 Å². The van der Waals surface area contributed by atoms with E-state index in [9.17, 15) is 4.79 Å². The minimum atomic E-state index is -0.0212. The van der Waals surface area contributed by atoms with E-state index in [0.29, 0.717) is 6.04 Å². The van der Waals surface area contributed by atoms with Gasteiger partial charge in [-0.15, -0.1) is 0 Å². The van der Waals surface area contributed by atoms with E-state index in [0.717, 1.165) is 17.2 Å². The SMILES string of the molecule is CCC1CCCCC1Nc1ccc(NC(C)=O)c(C)c1. The highest BCUT2D eigenvalue weighted by atomic mass is 16.1. The summed E-state index contributed by atoms with van der Waals surface area (Å²) in [6.45, 7) is 5.86. The van der Waals surface area contributed by atoms with Crippen molar-refractivity contribution in [3.8, 4) is 0 Å². The summed E-state index contributed by atoms with van der Waals surface area (Å²) in [5.41, 5.74) is 3.18. The normalized spacial score (nSPS) is 22.4. The van der Waals surface area contributed by atoms with E-state index in [2.05, 4.69) is 29.7 Å². The monoisotopic (exact) mass is 274 g/mol. The first-order valence-corrected chi connectivity index (χ1v) is 7.75. The van der Waals surface area contributed by atoms with Crippen LogP contribution in [0.25, 0.3) is 0 Å². The van der Waals surface area contributed by atoms with Crippen LogP contribution in [0.3, 0.4) is 0 Å². The molecule has 0 radical (unpaired) electrons. The maximum Gasteiger partial charge on any atom is 0.221 e. The molecule has 2 unspecified atom stereocenters. The quantitative estimate of drug-likeness (QED) is 0.857. The molecular formula is C17H26N2O. The number of nitrogens with one attached hydrogen (secondary N) is 2. The van der Waals surface area contributed by atoms with Crippen molar-refractivity contribution in [1.29, 1.82) is 0 Å². The number of aryl methyl sites for hydroxylation is 1. The fourth-order valence-corrected chi connectivity index (χ4v) is 3.18. The first kappa shape index (κ1) is 14.9. The first-order chi connectivity index (χ1) is 9.60. The Kier molecular flexibility index (Phi) is 5.05. The lowest BCUT2D eigenvalue weighted by Crippen LogP contribution is -2.31. The molecule has 0 aliphatic heterocycles. The lowest BCUT2D eigenvalue weighted by Gasteiger charge is -2.32. The third kappa shape index (κ3) is 3.75. The van der Waals surface area contributed by atoms with Crippen LogP contribution in [0.5, 0.6) is 0 Å². The van der Waals surface area contributed by atoms with Crippen LogP contribution in [0.1, 0.15) is 51.5 Å². The maximum absolute atomic E-state index is 11.1. The molecular weight excluding hydrogens is 248 g/mol. The minimum Gasteiger partial charge on any atom is -0.382 e. The Hall–Kier alpha value is -1.51. The van der Waals surface area contributed by atoms with Crippen molar-refractivity contribution in [2.24, 2.45) is 5.92 Å². The van der Waals surface area contributed by atoms with Gasteiger partial charge in [0, 0.05) is 24.3 Å². The van der Waals surface area contributed by atoms with Crippen LogP contribution in [0.15, 0.2) is 18.2 Å². The minimum absolute atomic E-state index is 0.0212. The Labute approximate surface area is 122 Å². The molecule has 1 saturated carbocycles. The summed E-state index contributed by atoms with van der Waals surface area (Å²) in [5, 5.41) is 6.55. The summed E-state index contributed by atoms with van der Waals surface area (Å²) < 4.78 is 0. The van der Waals surface area contributed by atoms with Crippen LogP contribution >= 0.6 is 0 Å². The zero-order valence-electron chi connectivity index (χ0n) is 12.8. The van der Waals surface area contributed by atoms with Gasteiger partial charge in [-0.2, -0.15) is 0 Å². The van der Waals surface area contributed by atoms with E-state index in [1.807, 2.05) is 13.0 Å². The first-order valence-electron chi connectivity index (χ1n) is 7.75. The van der Waals surface area contributed by atoms with E-state index in [-0.39, 0.29) is 5.91 Å². The summed E-state index contributed by atoms with van der Waals surface area (Å²) in [6.07, 6.45) is 6.57. The molecule has 0 spiro atoms. The molecule has 2 rings (SSSR count). The Bertz CT molecular complexity index is 470. The lowest BCUT2D eigenvalue weighted by molar-refractivity contribution is -0.114. The van der Waals surface area contributed by atoms with Crippen LogP contribution in [-0.2, 0) is 4.79 Å². The van der Waals surface area contributed by atoms with Crippen LogP contribution < -0.4 is 10.6 Å². The number of carbonyl (C=O) groups excluding carboxylic acids is 1. The van der Waals surface area contributed by atoms with Crippen LogP contribution in [0.4, 0.5) is 11.4 Å². The van der Waals surface area contributed by atoms with Crippen LogP contribution in [0, 0.1) is 12.8 Å². The highest BCUT2D eigenvalue weighted by molar-refractivity contribution is 5.89. The number of anilines is 2. The molecule has 2 atom stereocenters. The third-order valence-electron chi connectivity index (χ3n) is 4.32. The molecule has 1 aromatic carbocycles. The molecule has 1 fully saturated rings. The highest BCUT2D eigenvalue weighted by Gasteiger charge is 2.23. The van der Waals surface area contributed by atoms with E-state index >= 15 is 0 Å². The maximum atomic E-state index is 11.1. The molecule has 1 aromatic rings. The second kappa shape index (κ2) is 6.78. The average Bonchev–Trinajstić information content (AvgIpc) is 2.42. The van der Waals surface area contributed by atoms with Gasteiger partial charge in [-0.05, 0) is 49.4 Å². The largest absolute Gasteiger partial charge is 0.382 e. The van der Waals surface area contributed by atoms with Gasteiger partial charge in [0.2, 0.25) is 5.91 Å². The Morgan fingerprint density at radius 1 is 1.30 bits per heavy atom. The van der Waals surface area contributed by atoms with E-state index in [4.69, 9.17) is 0 Å². The summed E-state index contributed by atoms with van der Waals surface area (Å²) in [6, 6.07) is 6.79. The Morgan fingerprint density at radius 2 is 2.05 bits per heavy atom. The summed E-state index contributed by atoms with van der Waals surface area (Å²) >= 11 is 0. The summed E-state index contributed by atoms with van der Waals surface area (Å²) in [5.74, 6) is 0.770. The van der Waals surface area contributed by atoms with Gasteiger partial charge in [0.05, 0.1) is 0 Å². The van der Waals surface area contributed by atoms with Crippen molar-refractivity contribution in [2.45, 2.75) is 58.9 Å². The Balaban J connectivity index is 2.05. The molecule has 0 aromatic heterocycles. The Morgan fingerprint density at radius 3 is 2.70 bits per heavy atom. The number of amides is 1. The van der Waals surface area contributed by atoms with E-state index < -0.39 is 0 Å². The van der Waals surface area contributed by atoms with Crippen molar-refractivity contribution in [2.75, 3.05) is 10.6 Å². The van der Waals surface area contributed by atoms with Crippen molar-refractivity contribution < 1.29 is 4.79 Å². The lowest BCUT2D eigenvalue weighted by atomic mass is 9.83. The van der Waals surface area contributed by atoms with Gasteiger partial charge < -0.3 is 10.6 Å². The second-order valence-corrected chi connectivity index (χ2v) is 5.91. The molecule has 3 nitrogen and oxygen atoms in total. The third-order valence-corrected chi connectivity index (χ3v) is 4.32. The number of carbonyl (C=O) groups is 1. The van der Waals surface area contributed by atoms with Gasteiger partial charge in [-0.1, -0.05) is 26.2 Å². The standard InChI is InChI=1S/C17H26N2O/c1-4-14-7-5-6-8-17(14)19-15-9-10-16(12(2)11-15)18-13(3)20/h9-11,14,17,19H,4-8H2,1-3H3,(H,18,20). The molecule has 3 heteroatoms. The van der Waals surface area contributed by atoms with E-state index in [1.165, 1.54) is 37.8 Å². The topological polar surface area (TPSA) is 41.1 Å². The van der Waals surface area contributed by atoms with E-state index in [1.54, 1.807) is 6.92 Å². The molecule has 110 valence electrons. The number of hydrogen-bond acceptors (Lipinski definition) is 2. The molecule has 0 bridgehead atoms. The van der Waals surface area contributed by atoms with Gasteiger partial charge in [-0.25, -0.2) is 0 Å².